The van der Waals surface area contributed by atoms with Gasteiger partial charge in [-0.05, 0) is 44.9 Å². The maximum Gasteiger partial charge on any atom is 0.316 e. The van der Waals surface area contributed by atoms with Gasteiger partial charge in [-0.1, -0.05) is 0 Å². The van der Waals surface area contributed by atoms with Crippen molar-refractivity contribution in [2.24, 2.45) is 5.92 Å². The Labute approximate surface area is 135 Å². The molecule has 0 aromatic carbocycles. The van der Waals surface area contributed by atoms with Crippen molar-refractivity contribution in [1.82, 2.24) is 14.9 Å². The van der Waals surface area contributed by atoms with Gasteiger partial charge < -0.3 is 9.64 Å². The molecule has 4 rings (SSSR count). The van der Waals surface area contributed by atoms with Gasteiger partial charge in [0.2, 0.25) is 0 Å². The van der Waals surface area contributed by atoms with E-state index in [2.05, 4.69) is 33.9 Å². The number of thiophene rings is 1. The second-order valence-corrected chi connectivity index (χ2v) is 7.60. The molecule has 0 aliphatic carbocycles. The minimum Gasteiger partial charge on any atom is -0.460 e. The zero-order chi connectivity index (χ0) is 14.9. The molecule has 2 aliphatic rings. The van der Waals surface area contributed by atoms with Gasteiger partial charge in [-0.3, -0.25) is 0 Å². The molecule has 0 radical (unpaired) electrons. The SMILES string of the molecule is Cc1ccc(-c2cnc(OC3CCN4CCCC3C4)nc2)s1. The van der Waals surface area contributed by atoms with E-state index in [4.69, 9.17) is 4.74 Å². The molecule has 22 heavy (non-hydrogen) atoms. The molecule has 0 N–H and O–H groups in total. The summed E-state index contributed by atoms with van der Waals surface area (Å²) in [4.78, 5) is 13.9. The van der Waals surface area contributed by atoms with Crippen LogP contribution in [0.15, 0.2) is 24.5 Å². The van der Waals surface area contributed by atoms with Gasteiger partial charge in [0.15, 0.2) is 0 Å². The average Bonchev–Trinajstić information content (AvgIpc) is 2.98. The molecular formula is C17H21N3OS. The number of hydrogen-bond acceptors (Lipinski definition) is 5. The first kappa shape index (κ1) is 14.2. The smallest absolute Gasteiger partial charge is 0.316 e. The number of fused-ring (bicyclic) bond motifs is 2. The van der Waals surface area contributed by atoms with Crippen molar-refractivity contribution in [2.75, 3.05) is 19.6 Å². The number of aromatic nitrogens is 2. The van der Waals surface area contributed by atoms with Crippen molar-refractivity contribution in [3.63, 3.8) is 0 Å². The highest BCUT2D eigenvalue weighted by Crippen LogP contribution is 2.30. The van der Waals surface area contributed by atoms with Gasteiger partial charge in [-0.15, -0.1) is 11.3 Å². The van der Waals surface area contributed by atoms with E-state index in [1.54, 1.807) is 11.3 Å². The summed E-state index contributed by atoms with van der Waals surface area (Å²) in [7, 11) is 0. The third-order valence-corrected chi connectivity index (χ3v) is 5.76. The molecule has 0 spiro atoms. The number of piperidine rings is 2. The summed E-state index contributed by atoms with van der Waals surface area (Å²) < 4.78 is 6.09. The van der Waals surface area contributed by atoms with Crippen LogP contribution in [0.4, 0.5) is 0 Å². The molecule has 116 valence electrons. The van der Waals surface area contributed by atoms with E-state index in [1.165, 1.54) is 35.7 Å². The largest absolute Gasteiger partial charge is 0.460 e. The molecule has 2 fully saturated rings. The molecule has 2 bridgehead atoms. The van der Waals surface area contributed by atoms with Crippen molar-refractivity contribution in [1.29, 1.82) is 0 Å². The van der Waals surface area contributed by atoms with Crippen LogP contribution in [-0.4, -0.2) is 40.6 Å². The van der Waals surface area contributed by atoms with Crippen molar-refractivity contribution in [3.05, 3.63) is 29.4 Å². The van der Waals surface area contributed by atoms with Crippen LogP contribution in [0, 0.1) is 12.8 Å². The van der Waals surface area contributed by atoms with Crippen LogP contribution in [-0.2, 0) is 0 Å². The lowest BCUT2D eigenvalue weighted by Crippen LogP contribution is -2.49. The second kappa shape index (κ2) is 5.97. The Kier molecular flexibility index (Phi) is 3.84. The summed E-state index contributed by atoms with van der Waals surface area (Å²) in [6.45, 7) is 5.70. The maximum absolute atomic E-state index is 6.09. The van der Waals surface area contributed by atoms with Crippen LogP contribution in [0.3, 0.4) is 0 Å². The lowest BCUT2D eigenvalue weighted by molar-refractivity contribution is 0.0103. The predicted octanol–water partition coefficient (Wildman–Crippen LogP) is 3.38. The quantitative estimate of drug-likeness (QED) is 0.870. The molecule has 0 amide bonds. The standard InChI is InChI=1S/C17H21N3OS/c1-12-4-5-16(22-12)14-9-18-17(19-10-14)21-15-6-8-20-7-2-3-13(15)11-20/h4-5,9-10,13,15H,2-3,6-8,11H2,1H3. The van der Waals surface area contributed by atoms with E-state index in [9.17, 15) is 0 Å². The molecule has 3 unspecified atom stereocenters. The van der Waals surface area contributed by atoms with Gasteiger partial charge in [0.1, 0.15) is 6.10 Å². The summed E-state index contributed by atoms with van der Waals surface area (Å²) in [6.07, 6.45) is 7.70. The first-order valence-electron chi connectivity index (χ1n) is 8.06. The van der Waals surface area contributed by atoms with Crippen molar-refractivity contribution >= 4 is 11.3 Å². The van der Waals surface area contributed by atoms with Crippen molar-refractivity contribution in [2.45, 2.75) is 32.3 Å². The topological polar surface area (TPSA) is 38.2 Å². The van der Waals surface area contributed by atoms with Crippen LogP contribution in [0.25, 0.3) is 10.4 Å². The normalized spacial score (nSPS) is 27.6. The highest BCUT2D eigenvalue weighted by atomic mass is 32.1. The van der Waals surface area contributed by atoms with Gasteiger partial charge in [0.05, 0.1) is 0 Å². The summed E-state index contributed by atoms with van der Waals surface area (Å²) in [5, 5.41) is 0. The molecule has 0 saturated carbocycles. The Hall–Kier alpha value is -1.46. The summed E-state index contributed by atoms with van der Waals surface area (Å²) in [5.74, 6) is 0.644. The van der Waals surface area contributed by atoms with Gasteiger partial charge in [0, 0.05) is 46.7 Å². The molecular weight excluding hydrogens is 294 g/mol. The summed E-state index contributed by atoms with van der Waals surface area (Å²) in [6, 6.07) is 4.78. The molecule has 4 heterocycles. The third kappa shape index (κ3) is 2.88. The van der Waals surface area contributed by atoms with Crippen LogP contribution < -0.4 is 4.74 Å². The van der Waals surface area contributed by atoms with Gasteiger partial charge in [-0.25, -0.2) is 9.97 Å². The van der Waals surface area contributed by atoms with E-state index in [1.807, 2.05) is 12.4 Å². The monoisotopic (exact) mass is 315 g/mol. The van der Waals surface area contributed by atoms with Crippen molar-refractivity contribution < 1.29 is 4.74 Å². The molecule has 2 aromatic rings. The maximum atomic E-state index is 6.09. The Morgan fingerprint density at radius 3 is 2.82 bits per heavy atom. The molecule has 2 aromatic heterocycles. The molecule has 3 atom stereocenters. The number of ether oxygens (including phenoxy) is 1. The highest BCUT2D eigenvalue weighted by Gasteiger charge is 2.33. The van der Waals surface area contributed by atoms with E-state index in [0.29, 0.717) is 11.9 Å². The zero-order valence-corrected chi connectivity index (χ0v) is 13.7. The average molecular weight is 315 g/mol. The first-order valence-corrected chi connectivity index (χ1v) is 8.87. The van der Waals surface area contributed by atoms with Gasteiger partial charge in [-0.2, -0.15) is 0 Å². The summed E-state index contributed by atoms with van der Waals surface area (Å²) in [5.41, 5.74) is 1.07. The third-order valence-electron chi connectivity index (χ3n) is 4.71. The Balaban J connectivity index is 1.45. The lowest BCUT2D eigenvalue weighted by Gasteiger charge is -2.41. The molecule has 4 nitrogen and oxygen atoms in total. The first-order chi connectivity index (χ1) is 10.8. The Bertz CT molecular complexity index is 640. The molecule has 2 saturated heterocycles. The zero-order valence-electron chi connectivity index (χ0n) is 12.9. The van der Waals surface area contributed by atoms with Crippen LogP contribution in [0.5, 0.6) is 6.01 Å². The number of nitrogens with zero attached hydrogens (tertiary/aromatic N) is 3. The van der Waals surface area contributed by atoms with Crippen LogP contribution >= 0.6 is 11.3 Å². The minimum atomic E-state index is 0.284. The Morgan fingerprint density at radius 2 is 2.05 bits per heavy atom. The van der Waals surface area contributed by atoms with Crippen molar-refractivity contribution in [3.8, 4) is 16.5 Å². The molecule has 2 aliphatic heterocycles. The number of aryl methyl sites for hydroxylation is 1. The number of rotatable bonds is 3. The van der Waals surface area contributed by atoms with Gasteiger partial charge in [0.25, 0.3) is 0 Å². The minimum absolute atomic E-state index is 0.284. The van der Waals surface area contributed by atoms with Crippen LogP contribution in [0.1, 0.15) is 24.1 Å². The van der Waals surface area contributed by atoms with E-state index in [-0.39, 0.29) is 6.10 Å². The van der Waals surface area contributed by atoms with E-state index >= 15 is 0 Å². The fourth-order valence-corrected chi connectivity index (χ4v) is 4.37. The van der Waals surface area contributed by atoms with Crippen LogP contribution in [0.2, 0.25) is 0 Å². The lowest BCUT2D eigenvalue weighted by atomic mass is 9.87. The van der Waals surface area contributed by atoms with Gasteiger partial charge >= 0.3 is 6.01 Å². The summed E-state index contributed by atoms with van der Waals surface area (Å²) >= 11 is 1.77. The predicted molar refractivity (Wildman–Crippen MR) is 88.3 cm³/mol. The van der Waals surface area contributed by atoms with E-state index < -0.39 is 0 Å². The van der Waals surface area contributed by atoms with E-state index in [0.717, 1.165) is 18.5 Å². The molecule has 5 heteroatoms. The fourth-order valence-electron chi connectivity index (χ4n) is 3.53. The Morgan fingerprint density at radius 1 is 1.18 bits per heavy atom. The highest BCUT2D eigenvalue weighted by molar-refractivity contribution is 7.15. The second-order valence-electron chi connectivity index (χ2n) is 6.31. The number of hydrogen-bond donors (Lipinski definition) is 0. The fraction of sp³-hybridized carbons (Fsp3) is 0.529.